The van der Waals surface area contributed by atoms with Crippen LogP contribution in [-0.4, -0.2) is 28.7 Å². The normalized spacial score (nSPS) is 11.0. The van der Waals surface area contributed by atoms with Gasteiger partial charge in [-0.3, -0.25) is 15.1 Å². The number of benzene rings is 2. The molecule has 0 radical (unpaired) electrons. The highest BCUT2D eigenvalue weighted by Gasteiger charge is 2.16. The van der Waals surface area contributed by atoms with Crippen LogP contribution in [-0.2, 0) is 4.84 Å². The van der Waals surface area contributed by atoms with E-state index >= 15 is 0 Å². The number of pyridine rings is 1. The minimum absolute atomic E-state index is 0.0520. The smallest absolute Gasteiger partial charge is 0.369 e. The molecule has 1 heterocycles. The van der Waals surface area contributed by atoms with Gasteiger partial charge in [0.25, 0.3) is 5.69 Å². The Balaban J connectivity index is 1.95. The fourth-order valence-electron chi connectivity index (χ4n) is 2.47. The third kappa shape index (κ3) is 4.18. The summed E-state index contributed by atoms with van der Waals surface area (Å²) in [6.07, 6.45) is 3.14. The lowest BCUT2D eigenvalue weighted by molar-refractivity contribution is -0.384. The Kier molecular flexibility index (Phi) is 5.71. The second-order valence-electron chi connectivity index (χ2n) is 5.56. The van der Waals surface area contributed by atoms with Crippen molar-refractivity contribution < 1.29 is 19.3 Å². The molecule has 0 saturated carbocycles. The second-order valence-corrected chi connectivity index (χ2v) is 5.56. The molecule has 0 unspecified atom stereocenters. The van der Waals surface area contributed by atoms with Crippen molar-refractivity contribution in [2.45, 2.75) is 0 Å². The molecule has 8 nitrogen and oxygen atoms in total. The molecule has 0 N–H and O–H groups in total. The number of hydrogen-bond acceptors (Lipinski definition) is 7. The summed E-state index contributed by atoms with van der Waals surface area (Å²) in [6.45, 7) is 0. The van der Waals surface area contributed by atoms with Crippen molar-refractivity contribution in [3.05, 3.63) is 99.9 Å². The maximum Gasteiger partial charge on any atom is 0.369 e. The number of nitro groups is 1. The topological polar surface area (TPSA) is 104 Å². The van der Waals surface area contributed by atoms with E-state index in [0.717, 1.165) is 0 Å². The predicted molar refractivity (Wildman–Crippen MR) is 101 cm³/mol. The third-order valence-electron chi connectivity index (χ3n) is 3.85. The van der Waals surface area contributed by atoms with Crippen LogP contribution in [0.2, 0.25) is 0 Å². The number of aromatic nitrogens is 1. The first-order valence-electron chi connectivity index (χ1n) is 8.17. The van der Waals surface area contributed by atoms with Gasteiger partial charge in [0.1, 0.15) is 17.0 Å². The van der Waals surface area contributed by atoms with Gasteiger partial charge in [0.15, 0.2) is 0 Å². The van der Waals surface area contributed by atoms with E-state index in [2.05, 4.69) is 10.1 Å². The molecular weight excluding hydrogens is 362 g/mol. The van der Waals surface area contributed by atoms with Crippen LogP contribution >= 0.6 is 0 Å². The Bertz CT molecular complexity index is 1020. The summed E-state index contributed by atoms with van der Waals surface area (Å²) in [7, 11) is 1.45. The van der Waals surface area contributed by atoms with Crippen molar-refractivity contribution in [3.8, 4) is 5.75 Å². The number of ether oxygens (including phenoxy) is 1. The molecule has 0 amide bonds. The summed E-state index contributed by atoms with van der Waals surface area (Å²) in [6, 6.07) is 15.8. The Hall–Kier alpha value is -4.07. The Morgan fingerprint density at radius 3 is 2.29 bits per heavy atom. The molecule has 2 aromatic carbocycles. The predicted octanol–water partition coefficient (Wildman–Crippen LogP) is 3.61. The van der Waals surface area contributed by atoms with Crippen LogP contribution in [0.4, 0.5) is 5.69 Å². The monoisotopic (exact) mass is 377 g/mol. The molecule has 8 heteroatoms. The fraction of sp³-hybridized carbons (Fsp3) is 0.0500. The van der Waals surface area contributed by atoms with Gasteiger partial charge in [-0.15, -0.1) is 0 Å². The van der Waals surface area contributed by atoms with Gasteiger partial charge in [0.2, 0.25) is 0 Å². The summed E-state index contributed by atoms with van der Waals surface area (Å²) >= 11 is 0. The average Bonchev–Trinajstić information content (AvgIpc) is 2.74. The van der Waals surface area contributed by atoms with Gasteiger partial charge in [0, 0.05) is 35.7 Å². The molecule has 0 saturated heterocycles. The number of carbonyl (C=O) groups excluding carboxylic acids is 1. The molecule has 0 aliphatic rings. The zero-order valence-corrected chi connectivity index (χ0v) is 14.8. The molecule has 140 valence electrons. The standard InChI is InChI=1S/C20H15N3O5/c1-27-18-5-3-2-4-17(18)20(24)28-22-19(15-10-12-21-13-11-15)14-6-8-16(9-7-14)23(25)26/h2-13H,1H3/b22-19-. The summed E-state index contributed by atoms with van der Waals surface area (Å²) < 4.78 is 5.16. The van der Waals surface area contributed by atoms with E-state index < -0.39 is 10.9 Å². The molecular formula is C20H15N3O5. The van der Waals surface area contributed by atoms with Gasteiger partial charge in [-0.25, -0.2) is 4.79 Å². The van der Waals surface area contributed by atoms with E-state index in [1.807, 2.05) is 0 Å². The van der Waals surface area contributed by atoms with Gasteiger partial charge in [-0.1, -0.05) is 17.3 Å². The molecule has 0 aliphatic carbocycles. The van der Waals surface area contributed by atoms with Crippen LogP contribution in [0.25, 0.3) is 0 Å². The van der Waals surface area contributed by atoms with E-state index in [-0.39, 0.29) is 11.3 Å². The van der Waals surface area contributed by atoms with Gasteiger partial charge in [-0.05, 0) is 36.4 Å². The minimum atomic E-state index is -0.689. The van der Waals surface area contributed by atoms with Crippen LogP contribution in [0.1, 0.15) is 21.5 Å². The quantitative estimate of drug-likeness (QED) is 0.281. The first kappa shape index (κ1) is 18.7. The lowest BCUT2D eigenvalue weighted by Gasteiger charge is -2.08. The van der Waals surface area contributed by atoms with E-state index in [0.29, 0.717) is 22.6 Å². The van der Waals surface area contributed by atoms with Gasteiger partial charge < -0.3 is 9.57 Å². The van der Waals surface area contributed by atoms with Crippen LogP contribution in [0.3, 0.4) is 0 Å². The number of rotatable bonds is 6. The van der Waals surface area contributed by atoms with Crippen LogP contribution < -0.4 is 4.74 Å². The number of hydrogen-bond donors (Lipinski definition) is 0. The lowest BCUT2D eigenvalue weighted by Crippen LogP contribution is -2.09. The Morgan fingerprint density at radius 2 is 1.64 bits per heavy atom. The highest BCUT2D eigenvalue weighted by Crippen LogP contribution is 2.20. The lowest BCUT2D eigenvalue weighted by atomic mass is 10.0. The first-order chi connectivity index (χ1) is 13.6. The average molecular weight is 377 g/mol. The SMILES string of the molecule is COc1ccccc1C(=O)O/N=C(\c1ccncc1)c1ccc([N+](=O)[O-])cc1. The van der Waals surface area contributed by atoms with Crippen molar-refractivity contribution in [3.63, 3.8) is 0 Å². The summed E-state index contributed by atoms with van der Waals surface area (Å²) in [5, 5.41) is 14.9. The van der Waals surface area contributed by atoms with Gasteiger partial charge >= 0.3 is 5.97 Å². The Morgan fingerprint density at radius 1 is 1.00 bits per heavy atom. The van der Waals surface area contributed by atoms with Crippen LogP contribution in [0.5, 0.6) is 5.75 Å². The van der Waals surface area contributed by atoms with Crippen molar-refractivity contribution in [1.82, 2.24) is 4.98 Å². The van der Waals surface area contributed by atoms with Crippen LogP contribution in [0.15, 0.2) is 78.2 Å². The van der Waals surface area contributed by atoms with E-state index in [1.54, 1.807) is 48.8 Å². The molecule has 1 aromatic heterocycles. The van der Waals surface area contributed by atoms with E-state index in [1.165, 1.54) is 31.4 Å². The van der Waals surface area contributed by atoms with Crippen molar-refractivity contribution in [1.29, 1.82) is 0 Å². The fourth-order valence-corrected chi connectivity index (χ4v) is 2.47. The van der Waals surface area contributed by atoms with E-state index in [4.69, 9.17) is 9.57 Å². The number of non-ortho nitro benzene ring substituents is 1. The highest BCUT2D eigenvalue weighted by atomic mass is 16.7. The number of para-hydroxylation sites is 1. The van der Waals surface area contributed by atoms with Crippen LogP contribution in [0, 0.1) is 10.1 Å². The molecule has 0 bridgehead atoms. The zero-order valence-electron chi connectivity index (χ0n) is 14.8. The molecule has 0 atom stereocenters. The van der Waals surface area contributed by atoms with Gasteiger partial charge in [-0.2, -0.15) is 0 Å². The Labute approximate surface area is 160 Å². The number of nitrogens with zero attached hydrogens (tertiary/aromatic N) is 3. The highest BCUT2D eigenvalue weighted by molar-refractivity contribution is 6.13. The number of oxime groups is 1. The molecule has 3 rings (SSSR count). The number of carbonyl (C=O) groups is 1. The van der Waals surface area contributed by atoms with Gasteiger partial charge in [0.05, 0.1) is 12.0 Å². The van der Waals surface area contributed by atoms with E-state index in [9.17, 15) is 14.9 Å². The number of methoxy groups -OCH3 is 1. The second kappa shape index (κ2) is 8.54. The summed E-state index contributed by atoms with van der Waals surface area (Å²) in [4.78, 5) is 31.9. The number of nitro benzene ring substituents is 1. The van der Waals surface area contributed by atoms with Crippen molar-refractivity contribution >= 4 is 17.4 Å². The summed E-state index contributed by atoms with van der Waals surface area (Å²) in [5.74, 6) is -0.325. The van der Waals surface area contributed by atoms with Crippen molar-refractivity contribution in [2.24, 2.45) is 5.16 Å². The maximum atomic E-state index is 12.4. The zero-order chi connectivity index (χ0) is 19.9. The van der Waals surface area contributed by atoms with Crippen molar-refractivity contribution in [2.75, 3.05) is 7.11 Å². The minimum Gasteiger partial charge on any atom is -0.496 e. The third-order valence-corrected chi connectivity index (χ3v) is 3.85. The summed E-state index contributed by atoms with van der Waals surface area (Å²) in [5.41, 5.74) is 1.69. The molecule has 0 spiro atoms. The molecule has 0 aliphatic heterocycles. The largest absolute Gasteiger partial charge is 0.496 e. The molecule has 0 fully saturated rings. The molecule has 3 aromatic rings. The maximum absolute atomic E-state index is 12.4. The first-order valence-corrected chi connectivity index (χ1v) is 8.17. The molecule has 28 heavy (non-hydrogen) atoms.